The molecule has 0 fully saturated rings. The van der Waals surface area contributed by atoms with E-state index in [1.165, 1.54) is 6.20 Å². The summed E-state index contributed by atoms with van der Waals surface area (Å²) in [7, 11) is 0. The number of aromatic nitrogens is 2. The highest BCUT2D eigenvalue weighted by atomic mass is 16.5. The lowest BCUT2D eigenvalue weighted by Crippen LogP contribution is -2.31. The maximum absolute atomic E-state index is 13.0. The molecule has 0 bridgehead atoms. The Morgan fingerprint density at radius 3 is 2.30 bits per heavy atom. The van der Waals surface area contributed by atoms with Gasteiger partial charge in [-0.1, -0.05) is 36.4 Å². The predicted molar refractivity (Wildman–Crippen MR) is 130 cm³/mol. The molecule has 0 aliphatic rings. The molecule has 0 saturated carbocycles. The van der Waals surface area contributed by atoms with Crippen molar-refractivity contribution < 1.29 is 14.3 Å². The van der Waals surface area contributed by atoms with E-state index in [0.29, 0.717) is 37.5 Å². The number of hydrogen-bond donors (Lipinski definition) is 1. The van der Waals surface area contributed by atoms with Gasteiger partial charge in [0, 0.05) is 19.5 Å². The molecule has 0 radical (unpaired) electrons. The topological polar surface area (TPSA) is 76.5 Å². The van der Waals surface area contributed by atoms with Gasteiger partial charge in [-0.3, -0.25) is 9.59 Å². The predicted octanol–water partition coefficient (Wildman–Crippen LogP) is 4.77. The number of rotatable bonds is 10. The first-order valence-corrected chi connectivity index (χ1v) is 11.4. The van der Waals surface area contributed by atoms with Crippen LogP contribution in [-0.2, 0) is 4.79 Å². The summed E-state index contributed by atoms with van der Waals surface area (Å²) in [6.45, 7) is 9.46. The van der Waals surface area contributed by atoms with E-state index in [1.807, 2.05) is 76.2 Å². The second-order valence-electron chi connectivity index (χ2n) is 7.85. The maximum Gasteiger partial charge on any atom is 0.259 e. The Morgan fingerprint density at radius 1 is 1.00 bits per heavy atom. The van der Waals surface area contributed by atoms with Gasteiger partial charge in [0.05, 0.1) is 18.5 Å². The van der Waals surface area contributed by atoms with Gasteiger partial charge in [-0.25, -0.2) is 4.68 Å². The lowest BCUT2D eigenvalue weighted by Gasteiger charge is -2.19. The molecule has 1 N–H and O–H groups in total. The molecule has 3 aromatic rings. The van der Waals surface area contributed by atoms with Crippen LogP contribution >= 0.6 is 0 Å². The molecule has 33 heavy (non-hydrogen) atoms. The van der Waals surface area contributed by atoms with Gasteiger partial charge in [-0.2, -0.15) is 5.10 Å². The molecule has 0 spiro atoms. The first kappa shape index (κ1) is 24.0. The summed E-state index contributed by atoms with van der Waals surface area (Å²) in [6.07, 6.45) is 2.34. The Hall–Kier alpha value is -3.61. The number of hydrogen-bond acceptors (Lipinski definition) is 4. The number of nitrogens with zero attached hydrogens (tertiary/aromatic N) is 3. The van der Waals surface area contributed by atoms with Gasteiger partial charge in [0.25, 0.3) is 5.91 Å². The van der Waals surface area contributed by atoms with Crippen LogP contribution in [0.15, 0.2) is 54.7 Å². The lowest BCUT2D eigenvalue weighted by molar-refractivity contribution is -0.116. The van der Waals surface area contributed by atoms with Crippen LogP contribution in [-0.4, -0.2) is 46.2 Å². The molecule has 0 saturated heterocycles. The number of aryl methyl sites for hydroxylation is 2. The van der Waals surface area contributed by atoms with Crippen molar-refractivity contribution in [2.75, 3.05) is 25.0 Å². The van der Waals surface area contributed by atoms with E-state index in [2.05, 4.69) is 10.4 Å². The number of amides is 2. The number of anilines is 1. The van der Waals surface area contributed by atoms with Gasteiger partial charge < -0.3 is 15.0 Å². The normalized spacial score (nSPS) is 10.7. The molecule has 2 amide bonds. The third-order valence-electron chi connectivity index (χ3n) is 5.51. The fourth-order valence-electron chi connectivity index (χ4n) is 3.70. The Balaban J connectivity index is 1.72. The van der Waals surface area contributed by atoms with Crippen LogP contribution in [0, 0.1) is 13.8 Å². The molecule has 0 unspecified atom stereocenters. The average molecular weight is 449 g/mol. The second kappa shape index (κ2) is 11.3. The average Bonchev–Trinajstić information content (AvgIpc) is 3.23. The van der Waals surface area contributed by atoms with Gasteiger partial charge in [-0.05, 0) is 57.4 Å². The summed E-state index contributed by atoms with van der Waals surface area (Å²) in [4.78, 5) is 27.5. The van der Waals surface area contributed by atoms with Crippen LogP contribution < -0.4 is 10.1 Å². The number of ether oxygens (including phenoxy) is 1. The molecular weight excluding hydrogens is 416 g/mol. The third kappa shape index (κ3) is 5.80. The number of carbonyl (C=O) groups excluding carboxylic acids is 2. The minimum Gasteiger partial charge on any atom is -0.493 e. The summed E-state index contributed by atoms with van der Waals surface area (Å²) in [5.41, 5.74) is 3.30. The summed E-state index contributed by atoms with van der Waals surface area (Å²) in [6, 6.07) is 15.5. The van der Waals surface area contributed by atoms with E-state index >= 15 is 0 Å². The monoisotopic (exact) mass is 448 g/mol. The van der Waals surface area contributed by atoms with Crippen LogP contribution in [0.1, 0.15) is 48.2 Å². The Bertz CT molecular complexity index is 1070. The van der Waals surface area contributed by atoms with Crippen molar-refractivity contribution in [1.29, 1.82) is 0 Å². The van der Waals surface area contributed by atoms with Crippen molar-refractivity contribution in [1.82, 2.24) is 14.7 Å². The van der Waals surface area contributed by atoms with E-state index < -0.39 is 0 Å². The molecule has 0 aliphatic carbocycles. The second-order valence-corrected chi connectivity index (χ2v) is 7.85. The number of nitrogens with one attached hydrogen (secondary N) is 1. The smallest absolute Gasteiger partial charge is 0.259 e. The maximum atomic E-state index is 13.0. The summed E-state index contributed by atoms with van der Waals surface area (Å²) in [5, 5.41) is 7.32. The van der Waals surface area contributed by atoms with Crippen molar-refractivity contribution in [3.8, 4) is 11.4 Å². The number of carbonyl (C=O) groups is 2. The van der Waals surface area contributed by atoms with Gasteiger partial charge in [0.1, 0.15) is 17.1 Å². The van der Waals surface area contributed by atoms with Crippen molar-refractivity contribution in [3.05, 3.63) is 71.4 Å². The van der Waals surface area contributed by atoms with Crippen molar-refractivity contribution >= 4 is 17.6 Å². The molecule has 0 atom stereocenters. The summed E-state index contributed by atoms with van der Waals surface area (Å²) >= 11 is 0. The van der Waals surface area contributed by atoms with Crippen molar-refractivity contribution in [2.45, 2.75) is 40.5 Å². The lowest BCUT2D eigenvalue weighted by atomic mass is 10.1. The molecule has 1 aromatic heterocycles. The SMILES string of the molecule is CCN(CC)C(=O)c1cnn(-c2ccccc2)c1NC(=O)CCCOc1c(C)cccc1C. The zero-order chi connectivity index (χ0) is 23.8. The van der Waals surface area contributed by atoms with Gasteiger partial charge >= 0.3 is 0 Å². The molecule has 1 heterocycles. The van der Waals surface area contributed by atoms with E-state index in [-0.39, 0.29) is 18.2 Å². The fourth-order valence-corrected chi connectivity index (χ4v) is 3.70. The Kier molecular flexibility index (Phi) is 8.24. The summed E-state index contributed by atoms with van der Waals surface area (Å²) < 4.78 is 7.51. The molecule has 174 valence electrons. The highest BCUT2D eigenvalue weighted by molar-refractivity contribution is 6.03. The van der Waals surface area contributed by atoms with Crippen molar-refractivity contribution in [3.63, 3.8) is 0 Å². The van der Waals surface area contributed by atoms with Crippen LogP contribution in [0.4, 0.5) is 5.82 Å². The van der Waals surface area contributed by atoms with Crippen molar-refractivity contribution in [2.24, 2.45) is 0 Å². The van der Waals surface area contributed by atoms with E-state index in [1.54, 1.807) is 9.58 Å². The fraction of sp³-hybridized carbons (Fsp3) is 0.346. The minimum atomic E-state index is -0.189. The zero-order valence-electron chi connectivity index (χ0n) is 19.8. The molecule has 7 nitrogen and oxygen atoms in total. The number of benzene rings is 2. The molecular formula is C26H32N4O3. The minimum absolute atomic E-state index is 0.157. The largest absolute Gasteiger partial charge is 0.493 e. The van der Waals surface area contributed by atoms with Gasteiger partial charge in [0.2, 0.25) is 5.91 Å². The van der Waals surface area contributed by atoms with Crippen LogP contribution in [0.25, 0.3) is 5.69 Å². The van der Waals surface area contributed by atoms with E-state index in [4.69, 9.17) is 4.74 Å². The standard InChI is InChI=1S/C26H32N4O3/c1-5-29(6-2)26(32)22-18-27-30(21-14-8-7-9-15-21)25(22)28-23(31)16-11-17-33-24-19(3)12-10-13-20(24)4/h7-10,12-15,18H,5-6,11,16-17H2,1-4H3,(H,28,31). The number of para-hydroxylation sites is 2. The molecule has 3 rings (SSSR count). The van der Waals surface area contributed by atoms with Gasteiger partial charge in [0.15, 0.2) is 0 Å². The van der Waals surface area contributed by atoms with E-state index in [0.717, 1.165) is 22.6 Å². The van der Waals surface area contributed by atoms with Gasteiger partial charge in [-0.15, -0.1) is 0 Å². The Labute approximate surface area is 195 Å². The van der Waals surface area contributed by atoms with Crippen LogP contribution in [0.3, 0.4) is 0 Å². The van der Waals surface area contributed by atoms with E-state index in [9.17, 15) is 9.59 Å². The quantitative estimate of drug-likeness (QED) is 0.453. The first-order chi connectivity index (χ1) is 16.0. The highest BCUT2D eigenvalue weighted by Gasteiger charge is 2.23. The molecule has 7 heteroatoms. The third-order valence-corrected chi connectivity index (χ3v) is 5.51. The van der Waals surface area contributed by atoms with Crippen LogP contribution in [0.5, 0.6) is 5.75 Å². The highest BCUT2D eigenvalue weighted by Crippen LogP contribution is 2.24. The molecule has 0 aliphatic heterocycles. The first-order valence-electron chi connectivity index (χ1n) is 11.4. The summed E-state index contributed by atoms with van der Waals surface area (Å²) in [5.74, 6) is 0.910. The Morgan fingerprint density at radius 2 is 1.67 bits per heavy atom. The molecule has 2 aromatic carbocycles. The zero-order valence-corrected chi connectivity index (χ0v) is 19.8. The van der Waals surface area contributed by atoms with Crippen LogP contribution in [0.2, 0.25) is 0 Å².